The van der Waals surface area contributed by atoms with Crippen molar-refractivity contribution in [3.05, 3.63) is 71.9 Å². The Morgan fingerprint density at radius 1 is 1.14 bits per heavy atom. The third-order valence-electron chi connectivity index (χ3n) is 5.03. The Kier molecular flexibility index (Phi) is 6.03. The van der Waals surface area contributed by atoms with Crippen molar-refractivity contribution < 1.29 is 19.0 Å². The summed E-state index contributed by atoms with van der Waals surface area (Å²) < 4.78 is 17.0. The second-order valence-corrected chi connectivity index (χ2v) is 7.02. The van der Waals surface area contributed by atoms with Crippen LogP contribution in [0.5, 0.6) is 5.75 Å². The lowest BCUT2D eigenvalue weighted by Crippen LogP contribution is -2.47. The van der Waals surface area contributed by atoms with E-state index < -0.39 is 0 Å². The average Bonchev–Trinajstić information content (AvgIpc) is 2.78. The summed E-state index contributed by atoms with van der Waals surface area (Å²) in [4.78, 5) is 16.7. The van der Waals surface area contributed by atoms with Gasteiger partial charge >= 0.3 is 0 Å². The minimum absolute atomic E-state index is 0.113. The van der Waals surface area contributed by atoms with Crippen LogP contribution in [0.3, 0.4) is 0 Å². The Labute approximate surface area is 169 Å². The second-order valence-electron chi connectivity index (χ2n) is 7.02. The largest absolute Gasteiger partial charge is 0.497 e. The smallest absolute Gasteiger partial charge is 0.251 e. The summed E-state index contributed by atoms with van der Waals surface area (Å²) in [6.07, 6.45) is 3.07. The van der Waals surface area contributed by atoms with Crippen LogP contribution in [-0.2, 0) is 15.9 Å². The van der Waals surface area contributed by atoms with Gasteiger partial charge in [-0.15, -0.1) is 0 Å². The number of carbonyl (C=O) groups excluding carboxylic acids is 1. The standard InChI is InChI=1S/C23H24N2O4/c1-27-19-8-9-21-20(13-19)16(11-12-24-21)7-10-22-28-14-18(15-29-22)25-23(26)17-5-3-2-4-6-17/h2-6,8-9,11-13,18,22H,7,10,14-15H2,1H3,(H,25,26)/t18-,22-. The third kappa shape index (κ3) is 4.72. The molecule has 2 heterocycles. The summed E-state index contributed by atoms with van der Waals surface area (Å²) in [5.74, 6) is 0.701. The normalized spacial score (nSPS) is 19.1. The van der Waals surface area contributed by atoms with E-state index in [4.69, 9.17) is 14.2 Å². The van der Waals surface area contributed by atoms with Crippen molar-refractivity contribution >= 4 is 16.8 Å². The number of aromatic nitrogens is 1. The van der Waals surface area contributed by atoms with E-state index in [-0.39, 0.29) is 18.2 Å². The number of methoxy groups -OCH3 is 1. The van der Waals surface area contributed by atoms with E-state index in [9.17, 15) is 4.79 Å². The molecule has 0 radical (unpaired) electrons. The highest BCUT2D eigenvalue weighted by atomic mass is 16.7. The zero-order valence-electron chi connectivity index (χ0n) is 16.3. The van der Waals surface area contributed by atoms with Gasteiger partial charge in [0.1, 0.15) is 5.75 Å². The lowest BCUT2D eigenvalue weighted by Gasteiger charge is -2.30. The number of nitrogens with zero attached hydrogens (tertiary/aromatic N) is 1. The maximum absolute atomic E-state index is 12.2. The van der Waals surface area contributed by atoms with Gasteiger partial charge in [-0.3, -0.25) is 9.78 Å². The predicted molar refractivity (Wildman–Crippen MR) is 110 cm³/mol. The van der Waals surface area contributed by atoms with Gasteiger partial charge in [0.25, 0.3) is 5.91 Å². The molecule has 0 aliphatic carbocycles. The molecule has 6 nitrogen and oxygen atoms in total. The van der Waals surface area contributed by atoms with Crippen molar-refractivity contribution in [3.8, 4) is 5.75 Å². The molecule has 1 fully saturated rings. The molecule has 2 aromatic carbocycles. The highest BCUT2D eigenvalue weighted by molar-refractivity contribution is 5.94. The summed E-state index contributed by atoms with van der Waals surface area (Å²) in [5.41, 5.74) is 2.76. The molecule has 29 heavy (non-hydrogen) atoms. The van der Waals surface area contributed by atoms with Crippen LogP contribution in [0.25, 0.3) is 10.9 Å². The summed E-state index contributed by atoms with van der Waals surface area (Å²) in [7, 11) is 1.66. The van der Waals surface area contributed by atoms with Crippen LogP contribution >= 0.6 is 0 Å². The molecule has 0 saturated carbocycles. The first-order valence-electron chi connectivity index (χ1n) is 9.73. The van der Waals surface area contributed by atoms with Gasteiger partial charge in [-0.2, -0.15) is 0 Å². The van der Waals surface area contributed by atoms with Crippen LogP contribution in [0, 0.1) is 0 Å². The van der Waals surface area contributed by atoms with Crippen molar-refractivity contribution in [1.82, 2.24) is 10.3 Å². The maximum Gasteiger partial charge on any atom is 0.251 e. The highest BCUT2D eigenvalue weighted by Gasteiger charge is 2.24. The number of carbonyl (C=O) groups is 1. The van der Waals surface area contributed by atoms with Crippen LogP contribution in [0.15, 0.2) is 60.8 Å². The van der Waals surface area contributed by atoms with Gasteiger partial charge in [0.05, 0.1) is 31.9 Å². The number of aryl methyl sites for hydroxylation is 1. The molecule has 6 heteroatoms. The van der Waals surface area contributed by atoms with Gasteiger partial charge in [-0.05, 0) is 48.4 Å². The second kappa shape index (κ2) is 9.03. The van der Waals surface area contributed by atoms with E-state index in [1.165, 1.54) is 5.56 Å². The zero-order chi connectivity index (χ0) is 20.1. The molecule has 1 aliphatic heterocycles. The minimum Gasteiger partial charge on any atom is -0.497 e. The van der Waals surface area contributed by atoms with Crippen LogP contribution < -0.4 is 10.1 Å². The number of pyridine rings is 1. The number of hydrogen-bond acceptors (Lipinski definition) is 5. The first-order valence-corrected chi connectivity index (χ1v) is 9.73. The molecule has 1 amide bonds. The molecule has 1 aliphatic rings. The van der Waals surface area contributed by atoms with E-state index in [0.29, 0.717) is 18.8 Å². The van der Waals surface area contributed by atoms with E-state index in [0.717, 1.165) is 29.5 Å². The summed E-state index contributed by atoms with van der Waals surface area (Å²) in [5, 5.41) is 4.03. The molecular weight excluding hydrogens is 368 g/mol. The lowest BCUT2D eigenvalue weighted by atomic mass is 10.0. The van der Waals surface area contributed by atoms with Gasteiger partial charge in [-0.1, -0.05) is 18.2 Å². The molecule has 1 saturated heterocycles. The van der Waals surface area contributed by atoms with Gasteiger partial charge in [0.15, 0.2) is 6.29 Å². The number of rotatable bonds is 6. The number of hydrogen-bond donors (Lipinski definition) is 1. The van der Waals surface area contributed by atoms with Crippen molar-refractivity contribution in [1.29, 1.82) is 0 Å². The zero-order valence-corrected chi connectivity index (χ0v) is 16.3. The predicted octanol–water partition coefficient (Wildman–Crippen LogP) is 3.35. The van der Waals surface area contributed by atoms with E-state index in [1.807, 2.05) is 48.7 Å². The molecule has 0 spiro atoms. The molecule has 4 rings (SSSR count). The number of nitrogens with one attached hydrogen (secondary N) is 1. The first kappa shape index (κ1) is 19.4. The number of benzene rings is 2. The number of amides is 1. The molecular formula is C23H24N2O4. The number of ether oxygens (including phenoxy) is 3. The molecule has 0 atom stereocenters. The summed E-state index contributed by atoms with van der Waals surface area (Å²) in [6, 6.07) is 16.9. The van der Waals surface area contributed by atoms with Crippen molar-refractivity contribution in [2.45, 2.75) is 25.2 Å². The SMILES string of the molecule is COc1ccc2nccc(CC[C@H]3OC[C@H](NC(=O)c4ccccc4)CO3)c2c1. The molecule has 1 N–H and O–H groups in total. The van der Waals surface area contributed by atoms with E-state index >= 15 is 0 Å². The minimum atomic E-state index is -0.284. The quantitative estimate of drug-likeness (QED) is 0.697. The Morgan fingerprint density at radius 2 is 1.93 bits per heavy atom. The topological polar surface area (TPSA) is 69.7 Å². The Bertz CT molecular complexity index is 969. The van der Waals surface area contributed by atoms with Crippen molar-refractivity contribution in [3.63, 3.8) is 0 Å². The van der Waals surface area contributed by atoms with Crippen LogP contribution in [-0.4, -0.2) is 43.5 Å². The third-order valence-corrected chi connectivity index (χ3v) is 5.03. The highest BCUT2D eigenvalue weighted by Crippen LogP contribution is 2.24. The first-order chi connectivity index (χ1) is 14.2. The Hall–Kier alpha value is -2.96. The summed E-state index contributed by atoms with van der Waals surface area (Å²) in [6.45, 7) is 0.877. The Balaban J connectivity index is 1.30. The van der Waals surface area contributed by atoms with E-state index in [2.05, 4.69) is 10.3 Å². The summed E-state index contributed by atoms with van der Waals surface area (Å²) >= 11 is 0. The fourth-order valence-electron chi connectivity index (χ4n) is 3.45. The van der Waals surface area contributed by atoms with Crippen LogP contribution in [0.2, 0.25) is 0 Å². The fourth-order valence-corrected chi connectivity index (χ4v) is 3.45. The van der Waals surface area contributed by atoms with Gasteiger partial charge in [-0.25, -0.2) is 0 Å². The molecule has 3 aromatic rings. The van der Waals surface area contributed by atoms with Crippen LogP contribution in [0.1, 0.15) is 22.3 Å². The lowest BCUT2D eigenvalue weighted by molar-refractivity contribution is -0.190. The van der Waals surface area contributed by atoms with Gasteiger partial charge in [0.2, 0.25) is 0 Å². The van der Waals surface area contributed by atoms with Crippen LogP contribution in [0.4, 0.5) is 0 Å². The number of fused-ring (bicyclic) bond motifs is 1. The molecule has 0 bridgehead atoms. The molecule has 150 valence electrons. The van der Waals surface area contributed by atoms with Gasteiger partial charge in [0, 0.05) is 23.6 Å². The monoisotopic (exact) mass is 392 g/mol. The molecule has 0 unspecified atom stereocenters. The van der Waals surface area contributed by atoms with Gasteiger partial charge < -0.3 is 19.5 Å². The Morgan fingerprint density at radius 3 is 2.69 bits per heavy atom. The fraction of sp³-hybridized carbons (Fsp3) is 0.304. The maximum atomic E-state index is 12.2. The average molecular weight is 392 g/mol. The van der Waals surface area contributed by atoms with Crippen molar-refractivity contribution in [2.75, 3.05) is 20.3 Å². The molecule has 1 aromatic heterocycles. The van der Waals surface area contributed by atoms with E-state index in [1.54, 1.807) is 19.2 Å². The van der Waals surface area contributed by atoms with Crippen molar-refractivity contribution in [2.24, 2.45) is 0 Å².